The Labute approximate surface area is 475 Å². The second kappa shape index (κ2) is 18.6. The summed E-state index contributed by atoms with van der Waals surface area (Å²) in [5.74, 6) is 1.49. The number of rotatable bonds is 6. The number of ether oxygens (including phenoxy) is 1. The average Bonchev–Trinajstić information content (AvgIpc) is 1.67. The maximum absolute atomic E-state index is 9.36. The van der Waals surface area contributed by atoms with Crippen molar-refractivity contribution in [3.8, 4) is 84.3 Å². The van der Waals surface area contributed by atoms with Gasteiger partial charge in [-0.25, -0.2) is 4.98 Å². The number of benzene rings is 9. The molecule has 0 spiro atoms. The molecule has 0 N–H and O–H groups in total. The number of nitrogens with zero attached hydrogens (tertiary/aromatic N) is 4. The van der Waals surface area contributed by atoms with Crippen molar-refractivity contribution in [3.63, 3.8) is 0 Å². The van der Waals surface area contributed by atoms with Gasteiger partial charge < -0.3 is 13.9 Å². The molecule has 4 heterocycles. The monoisotopic (exact) mass is 1170 g/mol. The van der Waals surface area contributed by atoms with Gasteiger partial charge in [0.25, 0.3) is 6.33 Å². The maximum Gasteiger partial charge on any atom is 0.268 e. The fraction of sp³-hybridized carbons (Fsp3) is 0.143. The van der Waals surface area contributed by atoms with E-state index in [2.05, 4.69) is 88.8 Å². The number of aromatic nitrogens is 4. The van der Waals surface area contributed by atoms with E-state index >= 15 is 0 Å². The van der Waals surface area contributed by atoms with E-state index in [1.54, 1.807) is 12.1 Å². The normalized spacial score (nSPS) is 14.5. The summed E-state index contributed by atoms with van der Waals surface area (Å²) in [6.07, 6.45) is 5.60. The van der Waals surface area contributed by atoms with Crippen molar-refractivity contribution in [2.75, 3.05) is 0 Å². The van der Waals surface area contributed by atoms with Crippen LogP contribution in [-0.2, 0) is 31.9 Å². The van der Waals surface area contributed by atoms with Crippen LogP contribution < -0.4 is 9.30 Å². The molecule has 0 saturated heterocycles. The van der Waals surface area contributed by atoms with Gasteiger partial charge in [-0.2, -0.15) is 18.2 Å². The van der Waals surface area contributed by atoms with Gasteiger partial charge in [0.15, 0.2) is 0 Å². The molecule has 0 radical (unpaired) electrons. The van der Waals surface area contributed by atoms with Gasteiger partial charge in [0, 0.05) is 52.5 Å². The van der Waals surface area contributed by atoms with Crippen molar-refractivity contribution in [2.24, 2.45) is 0 Å². The summed E-state index contributed by atoms with van der Waals surface area (Å²) in [4.78, 5) is 4.86. The van der Waals surface area contributed by atoms with E-state index in [0.717, 1.165) is 38.8 Å². The van der Waals surface area contributed by atoms with E-state index in [1.165, 1.54) is 18.2 Å². The van der Waals surface area contributed by atoms with Crippen LogP contribution in [0.25, 0.3) is 106 Å². The molecule has 12 aromatic rings. The van der Waals surface area contributed by atoms with Gasteiger partial charge in [0.05, 0.1) is 23.6 Å². The smallest absolute Gasteiger partial charge is 0.268 e. The van der Waals surface area contributed by atoms with Gasteiger partial charge in [-0.15, -0.1) is 29.7 Å². The third-order valence-electron chi connectivity index (χ3n) is 14.4. The first kappa shape index (κ1) is 37.6. The van der Waals surface area contributed by atoms with E-state index in [1.807, 2.05) is 118 Å². The quantitative estimate of drug-likeness (QED) is 0.123. The van der Waals surface area contributed by atoms with Crippen LogP contribution in [-0.4, -0.2) is 14.1 Å². The van der Waals surface area contributed by atoms with E-state index in [-0.39, 0.29) is 60.8 Å². The minimum Gasteiger partial charge on any atom is -0.510 e. The molecule has 6 heteroatoms. The Morgan fingerprint density at radius 1 is 0.566 bits per heavy atom. The minimum absolute atomic E-state index is 0. The summed E-state index contributed by atoms with van der Waals surface area (Å²) in [7, 11) is 0. The summed E-state index contributed by atoms with van der Waals surface area (Å²) >= 11 is 0. The summed E-state index contributed by atoms with van der Waals surface area (Å²) < 4.78 is 111. The molecule has 9 aromatic carbocycles. The zero-order valence-electron chi connectivity index (χ0n) is 53.6. The first-order valence-electron chi connectivity index (χ1n) is 30.5. The fourth-order valence-electron chi connectivity index (χ4n) is 10.9. The standard InChI is InChI=1S/C70H56N4O.Pt/c1-44-20-16-21-45(2)65(44)47-38-59-54-27-13-12-26-53(54)57-30-18-29-52(46-22-10-9-11-23-46)66(57)58-31-19-32-60(70(6,7)8)67(58)73-43-72(63(39-47)68(59)73)49-24-17-25-50(41-49)75-51-34-35-56-55-28-14-15-33-61(55)74(62(56)42-51)64-40-48(36-37-71-64)69(3,4)5;/h9-40H,1-8H3;/q-2;/i1D3,2D3,9D,10D,11D,22D,23D;. The van der Waals surface area contributed by atoms with Crippen molar-refractivity contribution in [3.05, 3.63) is 235 Å². The Morgan fingerprint density at radius 2 is 1.25 bits per heavy atom. The zero-order valence-corrected chi connectivity index (χ0v) is 44.9. The second-order valence-electron chi connectivity index (χ2n) is 21.2. The Hall–Kier alpha value is -8.11. The molecule has 0 atom stereocenters. The van der Waals surface area contributed by atoms with E-state index in [9.17, 15) is 2.74 Å². The molecule has 374 valence electrons. The Bertz CT molecular complexity index is 4750. The zero-order chi connectivity index (χ0) is 60.7. The predicted molar refractivity (Wildman–Crippen MR) is 308 cm³/mol. The summed E-state index contributed by atoms with van der Waals surface area (Å²) in [5, 5.41) is 2.00. The van der Waals surface area contributed by atoms with Crippen molar-refractivity contribution < 1.29 is 45.4 Å². The number of hydrogen-bond donors (Lipinski definition) is 0. The molecule has 0 saturated carbocycles. The van der Waals surface area contributed by atoms with Crippen LogP contribution in [0.2, 0.25) is 0 Å². The van der Waals surface area contributed by atoms with Gasteiger partial charge in [0.1, 0.15) is 5.82 Å². The molecule has 0 unspecified atom stereocenters. The summed E-state index contributed by atoms with van der Waals surface area (Å²) in [6, 6.07) is 54.1. The molecular formula is C70H56N4OPt-2. The molecule has 0 amide bonds. The van der Waals surface area contributed by atoms with Gasteiger partial charge in [-0.1, -0.05) is 180 Å². The first-order chi connectivity index (χ1) is 40.8. The number of pyridine rings is 1. The second-order valence-corrected chi connectivity index (χ2v) is 21.2. The Morgan fingerprint density at radius 3 is 2.03 bits per heavy atom. The number of aryl methyl sites for hydroxylation is 2. The van der Waals surface area contributed by atoms with Crippen LogP contribution in [0.15, 0.2) is 194 Å². The molecule has 1 aliphatic heterocycles. The molecule has 5 nitrogen and oxygen atoms in total. The number of hydrogen-bond acceptors (Lipinski definition) is 2. The number of imidazole rings is 1. The Kier molecular flexibility index (Phi) is 9.21. The van der Waals surface area contributed by atoms with E-state index < -0.39 is 37.2 Å². The first-order valence-corrected chi connectivity index (χ1v) is 25.0. The van der Waals surface area contributed by atoms with Gasteiger partial charge >= 0.3 is 0 Å². The van der Waals surface area contributed by atoms with Gasteiger partial charge in [0.2, 0.25) is 0 Å². The topological polar surface area (TPSA) is 35.9 Å². The van der Waals surface area contributed by atoms with Crippen LogP contribution in [0.4, 0.5) is 0 Å². The van der Waals surface area contributed by atoms with Crippen LogP contribution in [0.1, 0.15) is 78.9 Å². The van der Waals surface area contributed by atoms with Crippen LogP contribution in [0.5, 0.6) is 11.5 Å². The molecule has 13 rings (SSSR count). The Balaban J connectivity index is 0.00000739. The summed E-state index contributed by atoms with van der Waals surface area (Å²) in [5.41, 5.74) is 9.78. The van der Waals surface area contributed by atoms with Crippen molar-refractivity contribution >= 4 is 32.8 Å². The third kappa shape index (κ3) is 8.12. The molecule has 0 aliphatic carbocycles. The SMILES string of the molecule is [2H]c1c([2H])c([2H])c(-c2cccc3c2-c2cccc(C(C)(C)C)c2-[n+]2[c-]n(-c4[c-]c(Oc5[c-]c6c(cc5)c5ccccc5n6-c5cc(C(C)(C)C)ccn5)ccc4)c4cc(-c5c(C([2H])([2H])[2H])cccc5C([2H])([2H])[2H])cc(c42)-c2ccccc2-3)c([2H])c1[2H].[Pt]. The number of para-hydroxylation sites is 2. The van der Waals surface area contributed by atoms with Crippen LogP contribution in [0, 0.1) is 32.2 Å². The predicted octanol–water partition coefficient (Wildman–Crippen LogP) is 17.4. The van der Waals surface area contributed by atoms with E-state index in [0.29, 0.717) is 78.4 Å². The molecule has 0 bridgehead atoms. The fourth-order valence-corrected chi connectivity index (χ4v) is 10.9. The molecule has 3 aromatic heterocycles. The van der Waals surface area contributed by atoms with Crippen molar-refractivity contribution in [1.82, 2.24) is 14.1 Å². The largest absolute Gasteiger partial charge is 0.510 e. The summed E-state index contributed by atoms with van der Waals surface area (Å²) in [6.45, 7) is 7.37. The molecule has 1 aliphatic rings. The van der Waals surface area contributed by atoms with Crippen molar-refractivity contribution in [2.45, 2.75) is 66.1 Å². The van der Waals surface area contributed by atoms with Gasteiger partial charge in [-0.3, -0.25) is 4.57 Å². The van der Waals surface area contributed by atoms with Crippen LogP contribution >= 0.6 is 0 Å². The molecular weight excluding hydrogens is 1110 g/mol. The van der Waals surface area contributed by atoms with E-state index in [4.69, 9.17) is 22.1 Å². The van der Waals surface area contributed by atoms with Gasteiger partial charge in [-0.05, 0) is 138 Å². The average molecular weight is 1180 g/mol. The molecule has 0 fully saturated rings. The maximum atomic E-state index is 9.36. The third-order valence-corrected chi connectivity index (χ3v) is 14.4. The minimum atomic E-state index is -2.74. The number of fused-ring (bicyclic) bond motifs is 10. The molecule has 76 heavy (non-hydrogen) atoms. The van der Waals surface area contributed by atoms with Crippen molar-refractivity contribution in [1.29, 1.82) is 0 Å². The van der Waals surface area contributed by atoms with Crippen LogP contribution in [0.3, 0.4) is 0 Å².